The summed E-state index contributed by atoms with van der Waals surface area (Å²) in [5.41, 5.74) is 87.4. The first-order valence-electron chi connectivity index (χ1n) is 24.8. The lowest BCUT2D eigenvalue weighted by molar-refractivity contribution is -0.134. The zero-order chi connectivity index (χ0) is 58.0. The highest BCUT2D eigenvalue weighted by Crippen LogP contribution is 2.22. The fourth-order valence-electron chi connectivity index (χ4n) is 7.04. The second-order valence-corrected chi connectivity index (χ2v) is 17.8. The summed E-state index contributed by atoms with van der Waals surface area (Å²) in [6.07, 6.45) is -4.24. The molecule has 77 heavy (non-hydrogen) atoms. The number of aliphatic hydroxyl groups excluding tert-OH is 4. The van der Waals surface area contributed by atoms with E-state index in [4.69, 9.17) is 111 Å². The molecule has 0 radical (unpaired) electrons. The molecule has 0 aromatic heterocycles. The molecule has 0 aromatic carbocycles. The number of ether oxygens (including phenoxy) is 4. The third kappa shape index (κ3) is 43.5. The largest absolute Gasteiger partial charge is 0.389 e. The maximum absolute atomic E-state index is 11.3. The zero-order valence-corrected chi connectivity index (χ0v) is 44.6. The molecular formula is C41H96N28O8. The monoisotopic (exact) mass is 1110 g/mol. The summed E-state index contributed by atoms with van der Waals surface area (Å²) in [4.78, 5) is 39.7. The molecule has 0 saturated carbocycles. The van der Waals surface area contributed by atoms with Crippen LogP contribution in [0.1, 0.15) is 0 Å². The molecule has 0 rings (SSSR count). The molecular weight excluding hydrogens is 1010 g/mol. The van der Waals surface area contributed by atoms with E-state index in [9.17, 15) is 20.4 Å². The van der Waals surface area contributed by atoms with E-state index in [0.29, 0.717) is 52.4 Å². The van der Waals surface area contributed by atoms with Crippen LogP contribution in [-0.4, -0.2) is 296 Å². The highest BCUT2D eigenvalue weighted by Gasteiger charge is 2.34. The predicted octanol–water partition coefficient (Wildman–Crippen LogP) is -13.1. The molecule has 0 fully saturated rings. The fraction of sp³-hybridized carbons (Fsp3) is 0.805. The Kier molecular flexibility index (Phi) is 39.2. The minimum absolute atomic E-state index is 0.0948. The van der Waals surface area contributed by atoms with Crippen molar-refractivity contribution >= 4 is 47.7 Å². The van der Waals surface area contributed by atoms with Gasteiger partial charge in [-0.15, -0.1) is 0 Å². The highest BCUT2D eigenvalue weighted by atomic mass is 16.5. The van der Waals surface area contributed by atoms with Crippen LogP contribution < -0.4 is 91.7 Å². The summed E-state index contributed by atoms with van der Waals surface area (Å²) in [5, 5.41) is 45.2. The van der Waals surface area contributed by atoms with Crippen molar-refractivity contribution in [1.82, 2.24) is 19.6 Å². The number of aliphatic hydroxyl groups is 4. The van der Waals surface area contributed by atoms with E-state index in [1.165, 1.54) is 0 Å². The molecule has 4 unspecified atom stereocenters. The average molecular weight is 1110 g/mol. The molecule has 0 aliphatic rings. The number of nitrogens with zero attached hydrogens (tertiary/aromatic N) is 12. The zero-order valence-electron chi connectivity index (χ0n) is 44.6. The van der Waals surface area contributed by atoms with Crippen LogP contribution in [-0.2, 0) is 18.9 Å². The van der Waals surface area contributed by atoms with Crippen LogP contribution in [0, 0.1) is 5.41 Å². The van der Waals surface area contributed by atoms with E-state index in [2.05, 4.69) is 39.9 Å². The lowest BCUT2D eigenvalue weighted by atomic mass is 9.92. The van der Waals surface area contributed by atoms with Crippen LogP contribution in [0.4, 0.5) is 0 Å². The Morgan fingerprint density at radius 3 is 0.558 bits per heavy atom. The van der Waals surface area contributed by atoms with E-state index in [0.717, 1.165) is 0 Å². The summed E-state index contributed by atoms with van der Waals surface area (Å²) in [7, 11) is 0. The summed E-state index contributed by atoms with van der Waals surface area (Å²) in [6.45, 7) is 3.63. The molecule has 0 spiro atoms. The molecule has 36 N–H and O–H groups in total. The predicted molar refractivity (Wildman–Crippen MR) is 301 cm³/mol. The Morgan fingerprint density at radius 1 is 0.286 bits per heavy atom. The van der Waals surface area contributed by atoms with Crippen molar-refractivity contribution in [3.05, 3.63) is 0 Å². The minimum Gasteiger partial charge on any atom is -0.389 e. The molecule has 0 bridgehead atoms. The minimum atomic E-state index is -1.22. The SMILES string of the molecule is NC(N)=NCCN(CCN=C(N)N)CC(O)COCC(COCC(O)CN(CCN=C(N)N)CCN=C(N)N)(COCC(O)CN(CCN=C(N)N)CCN=C(N)N)COCC(O)CN(CCN=C(N)N)CCN=C(N)N. The Labute approximate surface area is 451 Å². The number of guanidine groups is 8. The lowest BCUT2D eigenvalue weighted by Gasteiger charge is -2.35. The summed E-state index contributed by atoms with van der Waals surface area (Å²) < 4.78 is 24.9. The van der Waals surface area contributed by atoms with Crippen molar-refractivity contribution < 1.29 is 39.4 Å². The number of hydrogen-bond acceptors (Lipinski definition) is 20. The van der Waals surface area contributed by atoms with Crippen molar-refractivity contribution in [3.8, 4) is 0 Å². The number of hydrogen-bond donors (Lipinski definition) is 20. The quantitative estimate of drug-likeness (QED) is 0.0199. The standard InChI is InChI=1S/C41H96N28O8/c42-33(43)58-1-9-66(10-2-59-34(44)45)17-29(70)21-74-25-41(26-75-22-30(71)18-67(11-3-60-35(46)47)12-4-61-36(48)49,27-76-23-31(72)19-68(13-5-62-37(50)51)14-6-63-38(52)53)28-77-24-32(73)20-69(15-7-64-39(54)55)16-8-65-40(56)57/h29-32,70-73H,1-28H2,(H4,42,43,58)(H4,44,45,59)(H4,46,47,60)(H4,48,49,61)(H4,50,51,62)(H4,52,53,63)(H4,54,55,64)(H4,56,57,65). The summed E-state index contributed by atoms with van der Waals surface area (Å²) in [5.74, 6) is -0.758. The van der Waals surface area contributed by atoms with E-state index in [1.54, 1.807) is 0 Å². The number of aliphatic imine (C=N–C) groups is 8. The third-order valence-electron chi connectivity index (χ3n) is 10.4. The topological polar surface area (TPSA) is 646 Å². The number of rotatable bonds is 48. The smallest absolute Gasteiger partial charge is 0.185 e. The molecule has 0 aliphatic heterocycles. The van der Waals surface area contributed by atoms with Crippen LogP contribution in [0.3, 0.4) is 0 Å². The van der Waals surface area contributed by atoms with Crippen LogP contribution in [0.25, 0.3) is 0 Å². The van der Waals surface area contributed by atoms with E-state index in [-0.39, 0.29) is 179 Å². The van der Waals surface area contributed by atoms with Crippen LogP contribution in [0.5, 0.6) is 0 Å². The maximum Gasteiger partial charge on any atom is 0.185 e. The third-order valence-corrected chi connectivity index (χ3v) is 10.4. The fourth-order valence-corrected chi connectivity index (χ4v) is 7.04. The van der Waals surface area contributed by atoms with Crippen LogP contribution in [0.15, 0.2) is 39.9 Å². The average Bonchev–Trinajstić information content (AvgIpc) is 3.30. The maximum atomic E-state index is 11.3. The van der Waals surface area contributed by atoms with Gasteiger partial charge in [-0.05, 0) is 0 Å². The van der Waals surface area contributed by atoms with Gasteiger partial charge in [0.1, 0.15) is 0 Å². The summed E-state index contributed by atoms with van der Waals surface area (Å²) >= 11 is 0. The first kappa shape index (κ1) is 70.7. The number of nitrogens with two attached hydrogens (primary N) is 16. The van der Waals surface area contributed by atoms with E-state index >= 15 is 0 Å². The Hall–Kier alpha value is -6.32. The molecule has 36 nitrogen and oxygen atoms in total. The van der Waals surface area contributed by atoms with Gasteiger partial charge in [-0.2, -0.15) is 0 Å². The second-order valence-electron chi connectivity index (χ2n) is 17.8. The van der Waals surface area contributed by atoms with Crippen LogP contribution in [0.2, 0.25) is 0 Å². The molecule has 0 aromatic rings. The molecule has 36 heteroatoms. The van der Waals surface area contributed by atoms with Crippen molar-refractivity contribution in [3.63, 3.8) is 0 Å². The van der Waals surface area contributed by atoms with Gasteiger partial charge in [-0.1, -0.05) is 0 Å². The molecule has 448 valence electrons. The lowest BCUT2D eigenvalue weighted by Crippen LogP contribution is -2.46. The summed E-state index contributed by atoms with van der Waals surface area (Å²) in [6, 6.07) is 0. The Bertz CT molecular complexity index is 1440. The van der Waals surface area contributed by atoms with Gasteiger partial charge in [0.25, 0.3) is 0 Å². The van der Waals surface area contributed by atoms with E-state index < -0.39 is 29.8 Å². The Balaban J connectivity index is 6.92. The molecule has 0 aliphatic carbocycles. The van der Waals surface area contributed by atoms with Crippen LogP contribution >= 0.6 is 0 Å². The Morgan fingerprint density at radius 2 is 0.429 bits per heavy atom. The normalized spacial score (nSPS) is 13.7. The molecule has 0 amide bonds. The molecule has 4 atom stereocenters. The van der Waals surface area contributed by atoms with E-state index in [1.807, 2.05) is 19.6 Å². The first-order chi connectivity index (χ1) is 36.4. The molecule has 0 heterocycles. The molecule has 0 saturated heterocycles. The van der Waals surface area contributed by atoms with Gasteiger partial charge in [0.15, 0.2) is 47.7 Å². The van der Waals surface area contributed by atoms with Gasteiger partial charge in [-0.3, -0.25) is 59.5 Å². The van der Waals surface area contributed by atoms with Gasteiger partial charge < -0.3 is 131 Å². The van der Waals surface area contributed by atoms with Gasteiger partial charge in [0, 0.05) is 78.5 Å². The van der Waals surface area contributed by atoms with Crippen molar-refractivity contribution in [1.29, 1.82) is 0 Å². The highest BCUT2D eigenvalue weighted by molar-refractivity contribution is 5.77. The second kappa shape index (κ2) is 42.8. The van der Waals surface area contributed by atoms with Crippen molar-refractivity contribution in [2.24, 2.45) is 137 Å². The van der Waals surface area contributed by atoms with Gasteiger partial charge in [-0.25, -0.2) is 0 Å². The van der Waals surface area contributed by atoms with Crippen molar-refractivity contribution in [2.45, 2.75) is 24.4 Å². The van der Waals surface area contributed by atoms with Gasteiger partial charge >= 0.3 is 0 Å². The van der Waals surface area contributed by atoms with Gasteiger partial charge in [0.2, 0.25) is 0 Å². The van der Waals surface area contributed by atoms with Crippen molar-refractivity contribution in [2.75, 3.05) is 184 Å². The van der Waals surface area contributed by atoms with Gasteiger partial charge in [0.05, 0.1) is 135 Å². The first-order valence-corrected chi connectivity index (χ1v) is 24.8.